The number of hydrogen-bond acceptors (Lipinski definition) is 2. The molecule has 16 heavy (non-hydrogen) atoms. The minimum absolute atomic E-state index is 0.352. The molecule has 1 aromatic heterocycles. The molecule has 2 heteroatoms. The molecule has 0 aromatic carbocycles. The van der Waals surface area contributed by atoms with E-state index >= 15 is 0 Å². The molecule has 1 aromatic rings. The first-order valence-corrected chi connectivity index (χ1v) is 6.58. The number of hydrogen-bond donors (Lipinski definition) is 0. The Labute approximate surface area is 102 Å². The Morgan fingerprint density at radius 1 is 1.44 bits per heavy atom. The summed E-state index contributed by atoms with van der Waals surface area (Å²) in [7, 11) is 0. The van der Waals surface area contributed by atoms with Crippen molar-refractivity contribution in [2.45, 2.75) is 46.5 Å². The maximum atomic E-state index is 11.5. The van der Waals surface area contributed by atoms with E-state index in [2.05, 4.69) is 19.6 Å². The molecule has 1 heterocycles. The van der Waals surface area contributed by atoms with Gasteiger partial charge in [-0.1, -0.05) is 19.1 Å². The van der Waals surface area contributed by atoms with Gasteiger partial charge in [0, 0.05) is 22.6 Å². The molecule has 0 atom stereocenters. The second-order valence-corrected chi connectivity index (χ2v) is 5.73. The average molecular weight is 236 g/mol. The molecule has 88 valence electrons. The Kier molecular flexibility index (Phi) is 4.94. The SMILES string of the molecule is C=C(C)Cc1cc(CC(=O)CCC)sc1C. The van der Waals surface area contributed by atoms with Crippen LogP contribution >= 0.6 is 11.3 Å². The van der Waals surface area contributed by atoms with Crippen molar-refractivity contribution in [2.24, 2.45) is 0 Å². The molecule has 1 nitrogen and oxygen atoms in total. The summed E-state index contributed by atoms with van der Waals surface area (Å²) < 4.78 is 0. The van der Waals surface area contributed by atoms with Gasteiger partial charge in [-0.3, -0.25) is 4.79 Å². The maximum Gasteiger partial charge on any atom is 0.138 e. The fourth-order valence-corrected chi connectivity index (χ4v) is 2.83. The van der Waals surface area contributed by atoms with Crippen molar-refractivity contribution in [3.05, 3.63) is 33.5 Å². The largest absolute Gasteiger partial charge is 0.299 e. The van der Waals surface area contributed by atoms with E-state index in [0.717, 1.165) is 12.8 Å². The maximum absolute atomic E-state index is 11.5. The molecular weight excluding hydrogens is 216 g/mol. The molecule has 0 saturated heterocycles. The van der Waals surface area contributed by atoms with Crippen molar-refractivity contribution in [2.75, 3.05) is 0 Å². The van der Waals surface area contributed by atoms with Crippen LogP contribution in [0.5, 0.6) is 0 Å². The van der Waals surface area contributed by atoms with Gasteiger partial charge in [-0.15, -0.1) is 11.3 Å². The smallest absolute Gasteiger partial charge is 0.138 e. The minimum atomic E-state index is 0.352. The third-order valence-electron chi connectivity index (χ3n) is 2.46. The predicted octanol–water partition coefficient (Wildman–Crippen LogP) is 4.09. The van der Waals surface area contributed by atoms with E-state index in [1.165, 1.54) is 20.9 Å². The number of Topliss-reactive ketones (excluding diaryl/α,β-unsaturated/α-hetero) is 1. The van der Waals surface area contributed by atoms with Crippen molar-refractivity contribution in [1.29, 1.82) is 0 Å². The van der Waals surface area contributed by atoms with Crippen LogP contribution in [0.1, 0.15) is 42.0 Å². The van der Waals surface area contributed by atoms with Crippen LogP contribution in [0, 0.1) is 6.92 Å². The molecule has 0 aliphatic carbocycles. The van der Waals surface area contributed by atoms with Gasteiger partial charge < -0.3 is 0 Å². The number of ketones is 1. The van der Waals surface area contributed by atoms with Gasteiger partial charge in [-0.25, -0.2) is 0 Å². The summed E-state index contributed by atoms with van der Waals surface area (Å²) in [5.74, 6) is 0.352. The Hall–Kier alpha value is -0.890. The monoisotopic (exact) mass is 236 g/mol. The normalized spacial score (nSPS) is 10.4. The highest BCUT2D eigenvalue weighted by Gasteiger charge is 2.09. The lowest BCUT2D eigenvalue weighted by atomic mass is 10.1. The number of carbonyl (C=O) groups is 1. The molecule has 0 amide bonds. The zero-order valence-electron chi connectivity index (χ0n) is 10.4. The van der Waals surface area contributed by atoms with E-state index in [9.17, 15) is 4.79 Å². The first-order chi connectivity index (χ1) is 7.52. The third kappa shape index (κ3) is 3.93. The lowest BCUT2D eigenvalue weighted by molar-refractivity contribution is -0.118. The molecule has 0 bridgehead atoms. The Bertz CT molecular complexity index is 387. The average Bonchev–Trinajstić information content (AvgIpc) is 2.45. The first-order valence-electron chi connectivity index (χ1n) is 5.77. The molecule has 0 unspecified atom stereocenters. The van der Waals surface area contributed by atoms with Crippen molar-refractivity contribution < 1.29 is 4.79 Å². The summed E-state index contributed by atoms with van der Waals surface area (Å²) in [5, 5.41) is 0. The molecule has 0 aliphatic rings. The van der Waals surface area contributed by atoms with Gasteiger partial charge in [0.05, 0.1) is 0 Å². The van der Waals surface area contributed by atoms with Crippen LogP contribution in [0.2, 0.25) is 0 Å². The molecule has 0 radical (unpaired) electrons. The highest BCUT2D eigenvalue weighted by atomic mass is 32.1. The third-order valence-corrected chi connectivity index (χ3v) is 3.56. The molecule has 1 rings (SSSR count). The number of rotatable bonds is 6. The lowest BCUT2D eigenvalue weighted by Gasteiger charge is -1.97. The van der Waals surface area contributed by atoms with Gasteiger partial charge in [0.15, 0.2) is 0 Å². The minimum Gasteiger partial charge on any atom is -0.299 e. The zero-order chi connectivity index (χ0) is 12.1. The van der Waals surface area contributed by atoms with Crippen LogP contribution in [-0.4, -0.2) is 5.78 Å². The quantitative estimate of drug-likeness (QED) is 0.680. The van der Waals surface area contributed by atoms with Gasteiger partial charge in [0.25, 0.3) is 0 Å². The van der Waals surface area contributed by atoms with E-state index in [1.807, 2.05) is 13.8 Å². The number of allylic oxidation sites excluding steroid dienone is 1. The van der Waals surface area contributed by atoms with E-state index in [-0.39, 0.29) is 0 Å². The van der Waals surface area contributed by atoms with Gasteiger partial charge in [0.2, 0.25) is 0 Å². The van der Waals surface area contributed by atoms with Crippen molar-refractivity contribution in [3.8, 4) is 0 Å². The highest BCUT2D eigenvalue weighted by Crippen LogP contribution is 2.24. The van der Waals surface area contributed by atoms with E-state index in [1.54, 1.807) is 11.3 Å². The van der Waals surface area contributed by atoms with Gasteiger partial charge in [0.1, 0.15) is 5.78 Å². The van der Waals surface area contributed by atoms with Gasteiger partial charge in [-0.2, -0.15) is 0 Å². The second-order valence-electron chi connectivity index (χ2n) is 4.39. The molecule has 0 fully saturated rings. The standard InChI is InChI=1S/C14H20OS/c1-5-6-13(15)9-14-8-12(7-10(2)3)11(4)16-14/h8H,2,5-7,9H2,1,3-4H3. The summed E-state index contributed by atoms with van der Waals surface area (Å²) in [6, 6.07) is 2.17. The summed E-state index contributed by atoms with van der Waals surface area (Å²) in [5.41, 5.74) is 2.50. The summed E-state index contributed by atoms with van der Waals surface area (Å²) in [6.45, 7) is 10.1. The molecule has 0 spiro atoms. The Morgan fingerprint density at radius 2 is 2.12 bits per heavy atom. The first kappa shape index (κ1) is 13.2. The van der Waals surface area contributed by atoms with E-state index in [0.29, 0.717) is 18.6 Å². The number of thiophene rings is 1. The van der Waals surface area contributed by atoms with Crippen LogP contribution in [0.3, 0.4) is 0 Å². The second kappa shape index (κ2) is 6.00. The van der Waals surface area contributed by atoms with Crippen LogP contribution in [0.15, 0.2) is 18.2 Å². The lowest BCUT2D eigenvalue weighted by Crippen LogP contribution is -1.99. The Balaban J connectivity index is 2.69. The zero-order valence-corrected chi connectivity index (χ0v) is 11.2. The molecule has 0 aliphatic heterocycles. The number of aryl methyl sites for hydroxylation is 1. The fourth-order valence-electron chi connectivity index (χ4n) is 1.74. The number of carbonyl (C=O) groups excluding carboxylic acids is 1. The van der Waals surface area contributed by atoms with E-state index in [4.69, 9.17) is 0 Å². The molecule has 0 N–H and O–H groups in total. The van der Waals surface area contributed by atoms with Crippen molar-refractivity contribution in [1.82, 2.24) is 0 Å². The predicted molar refractivity (Wildman–Crippen MR) is 71.2 cm³/mol. The molecule has 0 saturated carbocycles. The van der Waals surface area contributed by atoms with Crippen molar-refractivity contribution >= 4 is 17.1 Å². The molecular formula is C14H20OS. The van der Waals surface area contributed by atoms with Crippen molar-refractivity contribution in [3.63, 3.8) is 0 Å². The van der Waals surface area contributed by atoms with Gasteiger partial charge >= 0.3 is 0 Å². The van der Waals surface area contributed by atoms with Crippen LogP contribution in [-0.2, 0) is 17.6 Å². The summed E-state index contributed by atoms with van der Waals surface area (Å²) in [6.07, 6.45) is 3.19. The van der Waals surface area contributed by atoms with Crippen LogP contribution < -0.4 is 0 Å². The highest BCUT2D eigenvalue weighted by molar-refractivity contribution is 7.12. The van der Waals surface area contributed by atoms with Crippen LogP contribution in [0.4, 0.5) is 0 Å². The van der Waals surface area contributed by atoms with Crippen LogP contribution in [0.25, 0.3) is 0 Å². The van der Waals surface area contributed by atoms with Gasteiger partial charge in [-0.05, 0) is 38.3 Å². The Morgan fingerprint density at radius 3 is 2.69 bits per heavy atom. The fraction of sp³-hybridized carbons (Fsp3) is 0.500. The summed E-state index contributed by atoms with van der Waals surface area (Å²) in [4.78, 5) is 14.1. The van der Waals surface area contributed by atoms with E-state index < -0.39 is 0 Å². The topological polar surface area (TPSA) is 17.1 Å². The summed E-state index contributed by atoms with van der Waals surface area (Å²) >= 11 is 1.75.